The van der Waals surface area contributed by atoms with Gasteiger partial charge in [0, 0.05) is 13.0 Å². The summed E-state index contributed by atoms with van der Waals surface area (Å²) < 4.78 is 0. The molecule has 6 amide bonds. The first-order valence-corrected chi connectivity index (χ1v) is 16.5. The van der Waals surface area contributed by atoms with Crippen LogP contribution >= 0.6 is 0 Å². The van der Waals surface area contributed by atoms with E-state index in [2.05, 4.69) is 16.0 Å². The fourth-order valence-electron chi connectivity index (χ4n) is 6.11. The van der Waals surface area contributed by atoms with Crippen molar-refractivity contribution in [3.63, 3.8) is 0 Å². The average Bonchev–Trinajstić information content (AvgIpc) is 3.38. The number of amides is 6. The standard InChI is InChI=1S/C33H53N9O7/c1-18(2)26(29(38)46)40-31(48)27(19(3)4)41-32(49)33(28(45)21(34)12-13-24(36)43)23(39-30(47)22(35)17-25(37)44)14-16-42(33)15-8-11-20-9-6-5-7-10-20/h5-7,9-10,18-19,21-23,26-27H,8,11-17,34-35H2,1-4H3,(H2,36,43)(H2,37,44)(H2,38,46)(H,39,47)(H,40,48)(H,41,49). The Balaban J connectivity index is 2.64. The molecule has 0 radical (unpaired) electrons. The average molecular weight is 688 g/mol. The number of nitrogens with one attached hydrogen (secondary N) is 3. The molecule has 1 aliphatic rings. The summed E-state index contributed by atoms with van der Waals surface area (Å²) in [5.74, 6) is -6.47. The van der Waals surface area contributed by atoms with E-state index < -0.39 is 89.3 Å². The van der Waals surface area contributed by atoms with Gasteiger partial charge in [0.05, 0.1) is 24.5 Å². The van der Waals surface area contributed by atoms with Gasteiger partial charge in [0.2, 0.25) is 29.5 Å². The third-order valence-electron chi connectivity index (χ3n) is 8.77. The SMILES string of the molecule is CC(C)C(NC(=O)C(NC(=O)C1(C(=O)C(N)CCC(N)=O)C(NC(=O)C(N)CC(N)=O)CCN1CCCc1ccccc1)C(C)C)C(N)=O. The summed E-state index contributed by atoms with van der Waals surface area (Å²) in [6, 6.07) is 3.30. The Labute approximate surface area is 287 Å². The van der Waals surface area contributed by atoms with Crippen LogP contribution in [0, 0.1) is 11.8 Å². The number of hydrogen-bond acceptors (Lipinski definition) is 10. The molecule has 2 rings (SSSR count). The van der Waals surface area contributed by atoms with Gasteiger partial charge < -0.3 is 44.6 Å². The van der Waals surface area contributed by atoms with Gasteiger partial charge in [0.1, 0.15) is 12.1 Å². The van der Waals surface area contributed by atoms with Gasteiger partial charge in [-0.3, -0.25) is 38.5 Å². The molecule has 1 saturated heterocycles. The topological polar surface area (TPSA) is 289 Å². The van der Waals surface area contributed by atoms with Crippen molar-refractivity contribution in [2.24, 2.45) is 40.5 Å². The zero-order chi connectivity index (χ0) is 37.1. The molecule has 0 aliphatic carbocycles. The molecule has 13 N–H and O–H groups in total. The third kappa shape index (κ3) is 10.8. The Morgan fingerprint density at radius 2 is 1.45 bits per heavy atom. The summed E-state index contributed by atoms with van der Waals surface area (Å²) in [5, 5.41) is 8.00. The quantitative estimate of drug-likeness (QED) is 0.0677. The zero-order valence-corrected chi connectivity index (χ0v) is 28.8. The Bertz CT molecular complexity index is 1360. The van der Waals surface area contributed by atoms with Crippen molar-refractivity contribution in [3.05, 3.63) is 35.9 Å². The predicted octanol–water partition coefficient (Wildman–Crippen LogP) is -2.32. The molecule has 1 heterocycles. The van der Waals surface area contributed by atoms with Crippen LogP contribution in [-0.4, -0.2) is 95.0 Å². The normalized spacial score (nSPS) is 20.2. The van der Waals surface area contributed by atoms with E-state index in [1.54, 1.807) is 32.6 Å². The van der Waals surface area contributed by atoms with Crippen LogP contribution in [0.15, 0.2) is 30.3 Å². The van der Waals surface area contributed by atoms with Crippen LogP contribution in [0.4, 0.5) is 0 Å². The molecule has 1 aliphatic heterocycles. The summed E-state index contributed by atoms with van der Waals surface area (Å²) >= 11 is 0. The first-order valence-electron chi connectivity index (χ1n) is 16.5. The fraction of sp³-hybridized carbons (Fsp3) is 0.606. The molecule has 1 aromatic rings. The number of hydrogen-bond donors (Lipinski definition) is 8. The molecule has 1 aromatic carbocycles. The second-order valence-corrected chi connectivity index (χ2v) is 13.3. The minimum absolute atomic E-state index is 0.0949. The van der Waals surface area contributed by atoms with Crippen LogP contribution in [0.3, 0.4) is 0 Å². The molecule has 6 atom stereocenters. The molecule has 0 spiro atoms. The Kier molecular flexibility index (Phi) is 15.3. The number of carbonyl (C=O) groups excluding carboxylic acids is 7. The van der Waals surface area contributed by atoms with Crippen LogP contribution in [0.1, 0.15) is 65.4 Å². The van der Waals surface area contributed by atoms with Crippen molar-refractivity contribution in [3.8, 4) is 0 Å². The molecule has 6 unspecified atom stereocenters. The maximum atomic E-state index is 14.8. The van der Waals surface area contributed by atoms with Crippen molar-refractivity contribution < 1.29 is 33.6 Å². The largest absolute Gasteiger partial charge is 0.370 e. The van der Waals surface area contributed by atoms with Crippen molar-refractivity contribution in [1.82, 2.24) is 20.9 Å². The second-order valence-electron chi connectivity index (χ2n) is 13.3. The van der Waals surface area contributed by atoms with Crippen LogP contribution in [0.25, 0.3) is 0 Å². The molecule has 0 saturated carbocycles. The van der Waals surface area contributed by atoms with E-state index in [0.717, 1.165) is 5.56 Å². The Morgan fingerprint density at radius 1 is 0.837 bits per heavy atom. The molecule has 16 nitrogen and oxygen atoms in total. The Morgan fingerprint density at radius 3 is 1.98 bits per heavy atom. The summed E-state index contributed by atoms with van der Waals surface area (Å²) in [6.07, 6.45) is 0.256. The number of benzene rings is 1. The monoisotopic (exact) mass is 687 g/mol. The number of nitrogens with two attached hydrogens (primary N) is 5. The molecule has 49 heavy (non-hydrogen) atoms. The number of Topliss-reactive ketones (excluding diaryl/α,β-unsaturated/α-hetero) is 1. The predicted molar refractivity (Wildman–Crippen MR) is 182 cm³/mol. The molecular formula is C33H53N9O7. The lowest BCUT2D eigenvalue weighted by Gasteiger charge is -2.42. The van der Waals surface area contributed by atoms with Gasteiger partial charge in [-0.25, -0.2) is 0 Å². The van der Waals surface area contributed by atoms with Crippen LogP contribution < -0.4 is 44.6 Å². The van der Waals surface area contributed by atoms with E-state index in [1.807, 2.05) is 30.3 Å². The van der Waals surface area contributed by atoms with E-state index in [1.165, 1.54) is 0 Å². The lowest BCUT2D eigenvalue weighted by Crippen LogP contribution is -2.73. The van der Waals surface area contributed by atoms with E-state index in [9.17, 15) is 33.6 Å². The van der Waals surface area contributed by atoms with Gasteiger partial charge >= 0.3 is 0 Å². The van der Waals surface area contributed by atoms with Crippen molar-refractivity contribution >= 4 is 41.2 Å². The number of rotatable bonds is 20. The zero-order valence-electron chi connectivity index (χ0n) is 28.8. The van der Waals surface area contributed by atoms with E-state index in [-0.39, 0.29) is 38.3 Å². The van der Waals surface area contributed by atoms with Crippen molar-refractivity contribution in [1.29, 1.82) is 0 Å². The smallest absolute Gasteiger partial charge is 0.251 e. The highest BCUT2D eigenvalue weighted by Crippen LogP contribution is 2.34. The van der Waals surface area contributed by atoms with Gasteiger partial charge in [-0.2, -0.15) is 0 Å². The molecular weight excluding hydrogens is 634 g/mol. The minimum atomic E-state index is -2.18. The highest BCUT2D eigenvalue weighted by Gasteiger charge is 2.61. The molecule has 0 bridgehead atoms. The van der Waals surface area contributed by atoms with E-state index in [0.29, 0.717) is 12.8 Å². The third-order valence-corrected chi connectivity index (χ3v) is 8.77. The van der Waals surface area contributed by atoms with Gasteiger partial charge in [-0.1, -0.05) is 58.0 Å². The maximum absolute atomic E-state index is 14.8. The second kappa shape index (κ2) is 18.4. The number of aryl methyl sites for hydroxylation is 1. The van der Waals surface area contributed by atoms with Gasteiger partial charge in [-0.15, -0.1) is 0 Å². The van der Waals surface area contributed by atoms with Gasteiger partial charge in [0.25, 0.3) is 5.91 Å². The summed E-state index contributed by atoms with van der Waals surface area (Å²) in [5.41, 5.74) is 27.2. The first kappa shape index (κ1) is 40.8. The summed E-state index contributed by atoms with van der Waals surface area (Å²) in [7, 11) is 0. The molecule has 1 fully saturated rings. The lowest BCUT2D eigenvalue weighted by atomic mass is 9.79. The van der Waals surface area contributed by atoms with Crippen molar-refractivity contribution in [2.75, 3.05) is 13.1 Å². The highest BCUT2D eigenvalue weighted by molar-refractivity contribution is 6.15. The maximum Gasteiger partial charge on any atom is 0.251 e. The summed E-state index contributed by atoms with van der Waals surface area (Å²) in [4.78, 5) is 93.0. The number of nitrogens with zero attached hydrogens (tertiary/aromatic N) is 1. The van der Waals surface area contributed by atoms with Crippen LogP contribution in [0.2, 0.25) is 0 Å². The molecule has 272 valence electrons. The van der Waals surface area contributed by atoms with E-state index in [4.69, 9.17) is 28.7 Å². The Hall–Kier alpha value is -4.41. The summed E-state index contributed by atoms with van der Waals surface area (Å²) in [6.45, 7) is 7.08. The first-order chi connectivity index (χ1) is 22.9. The fourth-order valence-corrected chi connectivity index (χ4v) is 6.11. The van der Waals surface area contributed by atoms with E-state index >= 15 is 0 Å². The molecule has 0 aromatic heterocycles. The number of carbonyl (C=O) groups is 7. The van der Waals surface area contributed by atoms with Gasteiger partial charge in [0.15, 0.2) is 11.3 Å². The highest BCUT2D eigenvalue weighted by atomic mass is 16.2. The minimum Gasteiger partial charge on any atom is -0.370 e. The molecule has 16 heteroatoms. The van der Waals surface area contributed by atoms with Gasteiger partial charge in [-0.05, 0) is 49.6 Å². The lowest BCUT2D eigenvalue weighted by molar-refractivity contribution is -0.148. The van der Waals surface area contributed by atoms with Crippen molar-refractivity contribution in [2.45, 2.75) is 102 Å². The number of likely N-dealkylation sites (tertiary alicyclic amines) is 1. The van der Waals surface area contributed by atoms with Crippen LogP contribution in [0.5, 0.6) is 0 Å². The van der Waals surface area contributed by atoms with Crippen LogP contribution in [-0.2, 0) is 40.0 Å². The number of ketones is 1. The number of primary amides is 3.